The van der Waals surface area contributed by atoms with Crippen molar-refractivity contribution in [3.8, 4) is 0 Å². The molecule has 0 amide bonds. The van der Waals surface area contributed by atoms with Crippen LogP contribution in [0.15, 0.2) is 18.2 Å². The smallest absolute Gasteiger partial charge is 0.480 e. The van der Waals surface area contributed by atoms with Crippen LogP contribution in [0.5, 0.6) is 0 Å². The Labute approximate surface area is 99.3 Å². The van der Waals surface area contributed by atoms with Crippen LogP contribution in [0.25, 0.3) is 0 Å². The van der Waals surface area contributed by atoms with Gasteiger partial charge in [0.25, 0.3) is 0 Å². The number of carbonyl (C=O) groups is 1. The first-order valence-electron chi connectivity index (χ1n) is 5.48. The molecular formula is C11H14BNO4. The van der Waals surface area contributed by atoms with Crippen LogP contribution in [-0.2, 0) is 22.3 Å². The van der Waals surface area contributed by atoms with Gasteiger partial charge >= 0.3 is 13.1 Å². The summed E-state index contributed by atoms with van der Waals surface area (Å²) >= 11 is 0. The summed E-state index contributed by atoms with van der Waals surface area (Å²) in [5, 5.41) is 18.5. The van der Waals surface area contributed by atoms with Gasteiger partial charge in [-0.15, -0.1) is 0 Å². The first kappa shape index (κ1) is 12.1. The Morgan fingerprint density at radius 3 is 3.06 bits per heavy atom. The normalized spacial score (nSPS) is 16.5. The fourth-order valence-electron chi connectivity index (χ4n) is 2.07. The highest BCUT2D eigenvalue weighted by Gasteiger charge is 2.27. The average Bonchev–Trinajstić information content (AvgIpc) is 2.30. The lowest BCUT2D eigenvalue weighted by Crippen LogP contribution is -2.42. The molecule has 0 aromatic heterocycles. The first-order valence-corrected chi connectivity index (χ1v) is 5.48. The Bertz CT molecular complexity index is 437. The summed E-state index contributed by atoms with van der Waals surface area (Å²) in [5.41, 5.74) is 8.07. The van der Waals surface area contributed by atoms with Gasteiger partial charge in [0.05, 0.1) is 0 Å². The molecule has 90 valence electrons. The molecule has 0 saturated carbocycles. The molecule has 1 aliphatic heterocycles. The Morgan fingerprint density at radius 1 is 1.59 bits per heavy atom. The van der Waals surface area contributed by atoms with Crippen molar-refractivity contribution in [1.82, 2.24) is 0 Å². The van der Waals surface area contributed by atoms with Crippen LogP contribution in [0.4, 0.5) is 0 Å². The number of nitrogens with two attached hydrogens (primary N) is 1. The highest BCUT2D eigenvalue weighted by atomic mass is 16.5. The zero-order valence-corrected chi connectivity index (χ0v) is 9.30. The van der Waals surface area contributed by atoms with Gasteiger partial charge in [0.2, 0.25) is 0 Å². The van der Waals surface area contributed by atoms with Gasteiger partial charge in [-0.25, -0.2) is 0 Å². The van der Waals surface area contributed by atoms with Gasteiger partial charge in [0.1, 0.15) is 6.04 Å². The zero-order valence-electron chi connectivity index (χ0n) is 9.30. The van der Waals surface area contributed by atoms with E-state index in [-0.39, 0.29) is 6.42 Å². The molecule has 0 spiro atoms. The van der Waals surface area contributed by atoms with E-state index in [0.29, 0.717) is 18.5 Å². The van der Waals surface area contributed by atoms with Crippen molar-refractivity contribution < 1.29 is 19.6 Å². The van der Waals surface area contributed by atoms with Crippen LogP contribution in [0.2, 0.25) is 0 Å². The van der Waals surface area contributed by atoms with Crippen LogP contribution in [0, 0.1) is 0 Å². The summed E-state index contributed by atoms with van der Waals surface area (Å²) in [6.45, 7) is 0.438. The van der Waals surface area contributed by atoms with Gasteiger partial charge < -0.3 is 20.5 Å². The first-order chi connectivity index (χ1) is 8.09. The van der Waals surface area contributed by atoms with Crippen molar-refractivity contribution in [3.05, 3.63) is 29.3 Å². The minimum absolute atomic E-state index is 0.269. The highest BCUT2D eigenvalue weighted by Crippen LogP contribution is 2.14. The van der Waals surface area contributed by atoms with Crippen molar-refractivity contribution in [2.75, 3.05) is 6.61 Å². The monoisotopic (exact) mass is 235 g/mol. The fraction of sp³-hybridized carbons (Fsp3) is 0.364. The lowest BCUT2D eigenvalue weighted by molar-refractivity contribution is -0.138. The number of aliphatic carboxylic acids is 1. The minimum Gasteiger partial charge on any atom is -0.480 e. The van der Waals surface area contributed by atoms with Gasteiger partial charge in [-0.3, -0.25) is 4.79 Å². The molecule has 1 aliphatic rings. The molecule has 1 aromatic rings. The van der Waals surface area contributed by atoms with E-state index in [1.807, 2.05) is 6.07 Å². The zero-order chi connectivity index (χ0) is 12.4. The maximum atomic E-state index is 10.7. The van der Waals surface area contributed by atoms with Gasteiger partial charge in [-0.05, 0) is 29.4 Å². The number of carboxylic acid groups (broad SMARTS) is 1. The van der Waals surface area contributed by atoms with E-state index in [1.54, 1.807) is 12.1 Å². The largest absolute Gasteiger partial charge is 0.491 e. The van der Waals surface area contributed by atoms with E-state index in [0.717, 1.165) is 11.1 Å². The summed E-state index contributed by atoms with van der Waals surface area (Å²) in [5.74, 6) is -1.02. The molecule has 0 aliphatic carbocycles. The Kier molecular flexibility index (Phi) is 3.47. The van der Waals surface area contributed by atoms with Crippen molar-refractivity contribution in [1.29, 1.82) is 0 Å². The SMILES string of the molecule is NC(Cc1cccc2c1CCOB2O)C(=O)O. The summed E-state index contributed by atoms with van der Waals surface area (Å²) in [7, 11) is -0.917. The van der Waals surface area contributed by atoms with Gasteiger partial charge in [-0.2, -0.15) is 0 Å². The Morgan fingerprint density at radius 2 is 2.35 bits per heavy atom. The standard InChI is InChI=1S/C11H14BNO4/c13-10(11(14)15)6-7-2-1-3-9-8(7)4-5-17-12(9)16/h1-3,10,16H,4-6,13H2,(H,14,15). The maximum Gasteiger partial charge on any atom is 0.491 e. The molecule has 0 fully saturated rings. The Balaban J connectivity index is 2.29. The van der Waals surface area contributed by atoms with E-state index in [4.69, 9.17) is 15.5 Å². The molecule has 17 heavy (non-hydrogen) atoms. The lowest BCUT2D eigenvalue weighted by Gasteiger charge is -2.22. The maximum absolute atomic E-state index is 10.7. The van der Waals surface area contributed by atoms with Gasteiger partial charge in [0, 0.05) is 6.61 Å². The topological polar surface area (TPSA) is 92.8 Å². The molecule has 1 aromatic carbocycles. The summed E-state index contributed by atoms with van der Waals surface area (Å²) in [6, 6.07) is 4.50. The molecule has 0 radical (unpaired) electrons. The predicted octanol–water partition coefficient (Wildman–Crippen LogP) is -1.10. The third-order valence-corrected chi connectivity index (χ3v) is 2.96. The lowest BCUT2D eigenvalue weighted by atomic mass is 9.72. The van der Waals surface area contributed by atoms with Crippen LogP contribution in [-0.4, -0.2) is 35.9 Å². The van der Waals surface area contributed by atoms with E-state index in [2.05, 4.69) is 0 Å². The number of fused-ring (bicyclic) bond motifs is 1. The third-order valence-electron chi connectivity index (χ3n) is 2.96. The summed E-state index contributed by atoms with van der Waals surface area (Å²) in [4.78, 5) is 10.7. The second-order valence-corrected chi connectivity index (χ2v) is 4.11. The molecule has 1 unspecified atom stereocenters. The second kappa shape index (κ2) is 4.87. The van der Waals surface area contributed by atoms with Crippen molar-refractivity contribution in [2.45, 2.75) is 18.9 Å². The number of carboxylic acids is 1. The second-order valence-electron chi connectivity index (χ2n) is 4.11. The van der Waals surface area contributed by atoms with Crippen molar-refractivity contribution in [2.24, 2.45) is 5.73 Å². The van der Waals surface area contributed by atoms with Gasteiger partial charge in [-0.1, -0.05) is 18.2 Å². The molecule has 6 heteroatoms. The number of rotatable bonds is 3. The highest BCUT2D eigenvalue weighted by molar-refractivity contribution is 6.60. The van der Waals surface area contributed by atoms with Crippen molar-refractivity contribution in [3.63, 3.8) is 0 Å². The number of benzene rings is 1. The molecule has 5 nitrogen and oxygen atoms in total. The molecule has 1 atom stereocenters. The average molecular weight is 235 g/mol. The quantitative estimate of drug-likeness (QED) is 0.578. The van der Waals surface area contributed by atoms with Crippen molar-refractivity contribution >= 4 is 18.6 Å². The summed E-state index contributed by atoms with van der Waals surface area (Å²) < 4.78 is 5.12. The molecule has 4 N–H and O–H groups in total. The third kappa shape index (κ3) is 2.49. The minimum atomic E-state index is -1.02. The van der Waals surface area contributed by atoms with E-state index < -0.39 is 19.1 Å². The Hall–Kier alpha value is -1.37. The van der Waals surface area contributed by atoms with E-state index in [9.17, 15) is 9.82 Å². The van der Waals surface area contributed by atoms with Crippen LogP contribution < -0.4 is 11.2 Å². The van der Waals surface area contributed by atoms with Crippen LogP contribution >= 0.6 is 0 Å². The van der Waals surface area contributed by atoms with Crippen LogP contribution in [0.3, 0.4) is 0 Å². The van der Waals surface area contributed by atoms with E-state index in [1.165, 1.54) is 0 Å². The molecule has 2 rings (SSSR count). The summed E-state index contributed by atoms with van der Waals surface area (Å²) in [6.07, 6.45) is 0.945. The molecule has 1 heterocycles. The van der Waals surface area contributed by atoms with Gasteiger partial charge in [0.15, 0.2) is 0 Å². The number of hydrogen-bond donors (Lipinski definition) is 3. The fourth-order valence-corrected chi connectivity index (χ4v) is 2.07. The number of hydrogen-bond acceptors (Lipinski definition) is 4. The molecular weight excluding hydrogens is 221 g/mol. The molecule has 0 saturated heterocycles. The molecule has 0 bridgehead atoms. The predicted molar refractivity (Wildman–Crippen MR) is 63.0 cm³/mol. The van der Waals surface area contributed by atoms with E-state index >= 15 is 0 Å². The van der Waals surface area contributed by atoms with Crippen LogP contribution in [0.1, 0.15) is 11.1 Å².